The Morgan fingerprint density at radius 3 is 2.35 bits per heavy atom. The van der Waals surface area contributed by atoms with Crippen LogP contribution in [0.5, 0.6) is 0 Å². The molecule has 0 aliphatic heterocycles. The van der Waals surface area contributed by atoms with E-state index in [4.69, 9.17) is 11.5 Å². The number of benzene rings is 2. The largest absolute Gasteiger partial charge is 0.398 e. The molecule has 0 bridgehead atoms. The van der Waals surface area contributed by atoms with Crippen molar-refractivity contribution in [2.24, 2.45) is 5.73 Å². The fourth-order valence-corrected chi connectivity index (χ4v) is 3.29. The molecule has 20 heavy (non-hydrogen) atoms. The molecule has 0 fully saturated rings. The number of rotatable bonds is 4. The van der Waals surface area contributed by atoms with E-state index in [9.17, 15) is 9.00 Å². The van der Waals surface area contributed by atoms with Gasteiger partial charge in [-0.05, 0) is 35.9 Å². The Bertz CT molecular complexity index is 671. The number of nitrogens with two attached hydrogens (primary N) is 2. The third kappa shape index (κ3) is 3.46. The SMILES string of the molecule is NC(=O)c1ccc(CS(=O)c2ccc(Br)cc2N)cc1. The topological polar surface area (TPSA) is 86.2 Å². The Hall–Kier alpha value is -1.66. The molecule has 0 saturated heterocycles. The Morgan fingerprint density at radius 1 is 1.15 bits per heavy atom. The molecule has 4 N–H and O–H groups in total. The average molecular weight is 353 g/mol. The van der Waals surface area contributed by atoms with Gasteiger partial charge in [0.1, 0.15) is 0 Å². The molecule has 0 spiro atoms. The first kappa shape index (κ1) is 14.7. The number of carbonyl (C=O) groups excluding carboxylic acids is 1. The molecule has 1 atom stereocenters. The van der Waals surface area contributed by atoms with Crippen LogP contribution in [0, 0.1) is 0 Å². The van der Waals surface area contributed by atoms with Crippen LogP contribution in [0.3, 0.4) is 0 Å². The molecular formula is C14H13BrN2O2S. The first-order valence-electron chi connectivity index (χ1n) is 5.79. The number of hydrogen-bond donors (Lipinski definition) is 2. The number of carbonyl (C=O) groups is 1. The summed E-state index contributed by atoms with van der Waals surface area (Å²) in [6, 6.07) is 12.0. The van der Waals surface area contributed by atoms with Crippen LogP contribution in [-0.4, -0.2) is 10.1 Å². The molecule has 0 heterocycles. The third-order valence-corrected chi connectivity index (χ3v) is 4.70. The number of anilines is 1. The number of amides is 1. The minimum absolute atomic E-state index is 0.338. The predicted octanol–water partition coefficient (Wildman–Crippen LogP) is 2.44. The van der Waals surface area contributed by atoms with Crippen LogP contribution >= 0.6 is 15.9 Å². The van der Waals surface area contributed by atoms with Gasteiger partial charge in [0, 0.05) is 15.7 Å². The van der Waals surface area contributed by atoms with E-state index >= 15 is 0 Å². The van der Waals surface area contributed by atoms with Crippen molar-refractivity contribution < 1.29 is 9.00 Å². The Morgan fingerprint density at radius 2 is 1.80 bits per heavy atom. The van der Waals surface area contributed by atoms with E-state index < -0.39 is 16.7 Å². The highest BCUT2D eigenvalue weighted by atomic mass is 79.9. The van der Waals surface area contributed by atoms with E-state index in [-0.39, 0.29) is 0 Å². The molecule has 4 nitrogen and oxygen atoms in total. The highest BCUT2D eigenvalue weighted by Crippen LogP contribution is 2.23. The van der Waals surface area contributed by atoms with Gasteiger partial charge in [-0.25, -0.2) is 0 Å². The zero-order chi connectivity index (χ0) is 14.7. The molecule has 0 saturated carbocycles. The van der Waals surface area contributed by atoms with E-state index in [1.807, 2.05) is 0 Å². The molecule has 2 aromatic carbocycles. The lowest BCUT2D eigenvalue weighted by atomic mass is 10.1. The lowest BCUT2D eigenvalue weighted by molar-refractivity contribution is 0.100. The second-order valence-electron chi connectivity index (χ2n) is 4.23. The molecule has 2 rings (SSSR count). The zero-order valence-electron chi connectivity index (χ0n) is 10.5. The summed E-state index contributed by atoms with van der Waals surface area (Å²) >= 11 is 3.31. The number of primary amides is 1. The maximum Gasteiger partial charge on any atom is 0.248 e. The lowest BCUT2D eigenvalue weighted by Crippen LogP contribution is -2.10. The van der Waals surface area contributed by atoms with Crippen LogP contribution in [-0.2, 0) is 16.6 Å². The fraction of sp³-hybridized carbons (Fsp3) is 0.0714. The number of nitrogen functional groups attached to an aromatic ring is 1. The van der Waals surface area contributed by atoms with Crippen LogP contribution in [0.4, 0.5) is 5.69 Å². The maximum atomic E-state index is 12.3. The van der Waals surface area contributed by atoms with Crippen molar-refractivity contribution in [2.45, 2.75) is 10.6 Å². The normalized spacial score (nSPS) is 12.1. The van der Waals surface area contributed by atoms with Crippen molar-refractivity contribution in [1.82, 2.24) is 0 Å². The van der Waals surface area contributed by atoms with Gasteiger partial charge in [0.05, 0.1) is 21.4 Å². The van der Waals surface area contributed by atoms with Crippen molar-refractivity contribution >= 4 is 38.3 Å². The Labute approximate surface area is 127 Å². The van der Waals surface area contributed by atoms with Crippen molar-refractivity contribution in [3.8, 4) is 0 Å². The van der Waals surface area contributed by atoms with Crippen LogP contribution in [0.1, 0.15) is 15.9 Å². The summed E-state index contributed by atoms with van der Waals surface area (Å²) in [5, 5.41) is 0. The van der Waals surface area contributed by atoms with E-state index in [0.717, 1.165) is 10.0 Å². The van der Waals surface area contributed by atoms with Crippen LogP contribution in [0.25, 0.3) is 0 Å². The summed E-state index contributed by atoms with van der Waals surface area (Å²) in [5.74, 6) is -0.139. The summed E-state index contributed by atoms with van der Waals surface area (Å²) in [6.07, 6.45) is 0. The van der Waals surface area contributed by atoms with Gasteiger partial charge < -0.3 is 11.5 Å². The summed E-state index contributed by atoms with van der Waals surface area (Å²) in [7, 11) is -1.23. The molecule has 6 heteroatoms. The molecule has 1 amide bonds. The highest BCUT2D eigenvalue weighted by molar-refractivity contribution is 9.10. The minimum Gasteiger partial charge on any atom is -0.398 e. The predicted molar refractivity (Wildman–Crippen MR) is 83.6 cm³/mol. The van der Waals surface area contributed by atoms with Gasteiger partial charge >= 0.3 is 0 Å². The zero-order valence-corrected chi connectivity index (χ0v) is 12.9. The third-order valence-electron chi connectivity index (χ3n) is 2.75. The first-order chi connectivity index (χ1) is 9.47. The molecule has 104 valence electrons. The van der Waals surface area contributed by atoms with Gasteiger partial charge in [-0.3, -0.25) is 9.00 Å². The Balaban J connectivity index is 2.17. The van der Waals surface area contributed by atoms with Gasteiger partial charge in [0.15, 0.2) is 0 Å². The number of hydrogen-bond acceptors (Lipinski definition) is 3. The van der Waals surface area contributed by atoms with Crippen molar-refractivity contribution in [2.75, 3.05) is 5.73 Å². The highest BCUT2D eigenvalue weighted by Gasteiger charge is 2.10. The molecule has 0 aliphatic rings. The molecule has 1 unspecified atom stereocenters. The standard InChI is InChI=1S/C14H13BrN2O2S/c15-11-5-6-13(12(16)7-11)20(19)8-9-1-3-10(4-2-9)14(17)18/h1-7H,8,16H2,(H2,17,18). The smallest absolute Gasteiger partial charge is 0.248 e. The quantitative estimate of drug-likeness (QED) is 0.828. The van der Waals surface area contributed by atoms with E-state index in [1.165, 1.54) is 0 Å². The molecule has 0 radical (unpaired) electrons. The van der Waals surface area contributed by atoms with Crippen LogP contribution in [0.15, 0.2) is 51.8 Å². The molecule has 0 aromatic heterocycles. The molecule has 2 aromatic rings. The van der Waals surface area contributed by atoms with Crippen LogP contribution in [0.2, 0.25) is 0 Å². The van der Waals surface area contributed by atoms with Crippen molar-refractivity contribution in [3.63, 3.8) is 0 Å². The van der Waals surface area contributed by atoms with Crippen molar-refractivity contribution in [1.29, 1.82) is 0 Å². The minimum atomic E-state index is -1.23. The maximum absolute atomic E-state index is 12.3. The molecular weight excluding hydrogens is 340 g/mol. The summed E-state index contributed by atoms with van der Waals surface area (Å²) in [4.78, 5) is 11.6. The fourth-order valence-electron chi connectivity index (χ4n) is 1.72. The Kier molecular flexibility index (Phi) is 4.57. The average Bonchev–Trinajstić information content (AvgIpc) is 2.39. The van der Waals surface area contributed by atoms with E-state index in [0.29, 0.717) is 21.9 Å². The monoisotopic (exact) mass is 352 g/mol. The van der Waals surface area contributed by atoms with E-state index in [1.54, 1.807) is 42.5 Å². The lowest BCUT2D eigenvalue weighted by Gasteiger charge is -2.07. The number of halogens is 1. The second kappa shape index (κ2) is 6.19. The van der Waals surface area contributed by atoms with Gasteiger partial charge in [0.25, 0.3) is 0 Å². The summed E-state index contributed by atoms with van der Waals surface area (Å²) in [6.45, 7) is 0. The van der Waals surface area contributed by atoms with Gasteiger partial charge in [-0.15, -0.1) is 0 Å². The van der Waals surface area contributed by atoms with Crippen molar-refractivity contribution in [3.05, 3.63) is 58.1 Å². The first-order valence-corrected chi connectivity index (χ1v) is 7.90. The second-order valence-corrected chi connectivity index (χ2v) is 6.57. The van der Waals surface area contributed by atoms with Gasteiger partial charge in [-0.1, -0.05) is 28.1 Å². The van der Waals surface area contributed by atoms with Crippen LogP contribution < -0.4 is 11.5 Å². The summed E-state index contributed by atoms with van der Waals surface area (Å²) < 4.78 is 13.1. The molecule has 0 aliphatic carbocycles. The van der Waals surface area contributed by atoms with Gasteiger partial charge in [-0.2, -0.15) is 0 Å². The van der Waals surface area contributed by atoms with Gasteiger partial charge in [0.2, 0.25) is 5.91 Å². The van der Waals surface area contributed by atoms with E-state index in [2.05, 4.69) is 15.9 Å². The summed E-state index contributed by atoms with van der Waals surface area (Å²) in [5.41, 5.74) is 12.8.